The van der Waals surface area contributed by atoms with E-state index in [4.69, 9.17) is 4.74 Å². The predicted molar refractivity (Wildman–Crippen MR) is 101 cm³/mol. The molecular formula is C22H34N2O2. The lowest BCUT2D eigenvalue weighted by Crippen LogP contribution is -2.66. The summed E-state index contributed by atoms with van der Waals surface area (Å²) in [4.78, 5) is 16.1. The SMILES string of the molecule is C[C@@H]1C[C@H]2C(C(=O)OC(C)(C)C)=C3NCCC[C@]34[C@@H]3C[C@H]2[C@@]4(C1)N(C)C3. The first kappa shape index (κ1) is 17.1. The van der Waals surface area contributed by atoms with E-state index in [1.165, 1.54) is 37.9 Å². The lowest BCUT2D eigenvalue weighted by molar-refractivity contribution is -0.153. The fourth-order valence-corrected chi connectivity index (χ4v) is 8.06. The second-order valence-corrected chi connectivity index (χ2v) is 10.8. The van der Waals surface area contributed by atoms with Crippen LogP contribution in [0.3, 0.4) is 0 Å². The van der Waals surface area contributed by atoms with Gasteiger partial charge in [-0.2, -0.15) is 0 Å². The second kappa shape index (κ2) is 5.06. The number of rotatable bonds is 1. The van der Waals surface area contributed by atoms with Crippen LogP contribution in [0.5, 0.6) is 0 Å². The first-order valence-electron chi connectivity index (χ1n) is 10.6. The molecule has 1 N–H and O–H groups in total. The van der Waals surface area contributed by atoms with Gasteiger partial charge in [-0.1, -0.05) is 6.92 Å². The van der Waals surface area contributed by atoms with Crippen LogP contribution < -0.4 is 5.32 Å². The molecule has 4 heteroatoms. The molecule has 0 amide bonds. The Hall–Kier alpha value is -1.03. The van der Waals surface area contributed by atoms with Gasteiger partial charge >= 0.3 is 5.97 Å². The van der Waals surface area contributed by atoms with E-state index in [1.807, 2.05) is 20.8 Å². The first-order valence-corrected chi connectivity index (χ1v) is 10.6. The number of carbonyl (C=O) groups excluding carboxylic acids is 1. The second-order valence-electron chi connectivity index (χ2n) is 10.8. The normalized spacial score (nSPS) is 46.8. The minimum Gasteiger partial charge on any atom is -0.457 e. The molecular weight excluding hydrogens is 324 g/mol. The van der Waals surface area contributed by atoms with E-state index in [2.05, 4.69) is 24.2 Å². The average molecular weight is 359 g/mol. The first-order chi connectivity index (χ1) is 12.2. The fraction of sp³-hybridized carbons (Fsp3) is 0.864. The molecule has 4 fully saturated rings. The third-order valence-corrected chi connectivity index (χ3v) is 8.35. The standard InChI is InChI=1S/C22H34N2O2/c1-13-9-15-16-10-14-12-24(5)22(16,11-13)21(14)7-6-8-23-18(21)17(15)19(25)26-20(2,3)4/h13-16,23H,6-12H2,1-5H3/t13-,14-,15-,16-,21+,22-/m1/s1. The summed E-state index contributed by atoms with van der Waals surface area (Å²) in [6.07, 6.45) is 6.21. The molecule has 3 aliphatic carbocycles. The maximum Gasteiger partial charge on any atom is 0.336 e. The number of hydrogen-bond donors (Lipinski definition) is 1. The van der Waals surface area contributed by atoms with E-state index in [0.29, 0.717) is 23.7 Å². The zero-order chi connectivity index (χ0) is 18.5. The van der Waals surface area contributed by atoms with Crippen LogP contribution in [-0.4, -0.2) is 42.1 Å². The Morgan fingerprint density at radius 3 is 2.81 bits per heavy atom. The number of likely N-dealkylation sites (tertiary alicyclic amines) is 1. The molecule has 5 aliphatic rings. The van der Waals surface area contributed by atoms with E-state index < -0.39 is 5.60 Å². The number of hydrogen-bond acceptors (Lipinski definition) is 4. The molecule has 0 aromatic carbocycles. The monoisotopic (exact) mass is 358 g/mol. The molecule has 0 radical (unpaired) electrons. The Morgan fingerprint density at radius 1 is 1.31 bits per heavy atom. The van der Waals surface area contributed by atoms with Gasteiger partial charge in [-0.15, -0.1) is 0 Å². The van der Waals surface area contributed by atoms with Gasteiger partial charge in [0.1, 0.15) is 5.60 Å². The van der Waals surface area contributed by atoms with Crippen molar-refractivity contribution in [1.82, 2.24) is 10.2 Å². The van der Waals surface area contributed by atoms with Crippen LogP contribution in [-0.2, 0) is 9.53 Å². The van der Waals surface area contributed by atoms with Crippen LogP contribution >= 0.6 is 0 Å². The van der Waals surface area contributed by atoms with Crippen molar-refractivity contribution in [2.75, 3.05) is 20.1 Å². The number of esters is 1. The Labute approximate surface area is 157 Å². The molecule has 0 aromatic rings. The largest absolute Gasteiger partial charge is 0.457 e. The van der Waals surface area contributed by atoms with Crippen LogP contribution in [0.2, 0.25) is 0 Å². The summed E-state index contributed by atoms with van der Waals surface area (Å²) < 4.78 is 5.94. The Kier molecular flexibility index (Phi) is 3.33. The van der Waals surface area contributed by atoms with Gasteiger partial charge in [0.15, 0.2) is 0 Å². The summed E-state index contributed by atoms with van der Waals surface area (Å²) >= 11 is 0. The van der Waals surface area contributed by atoms with Gasteiger partial charge in [-0.3, -0.25) is 4.90 Å². The number of carbonyl (C=O) groups is 1. The maximum atomic E-state index is 13.4. The smallest absolute Gasteiger partial charge is 0.336 e. The molecule has 2 aliphatic heterocycles. The summed E-state index contributed by atoms with van der Waals surface area (Å²) in [5, 5.41) is 3.77. The molecule has 5 rings (SSSR count). The Balaban J connectivity index is 1.72. The summed E-state index contributed by atoms with van der Waals surface area (Å²) in [7, 11) is 2.35. The number of nitrogens with one attached hydrogen (secondary N) is 1. The molecule has 5 bridgehead atoms. The third-order valence-electron chi connectivity index (χ3n) is 8.35. The lowest BCUT2D eigenvalue weighted by Gasteiger charge is -2.61. The fourth-order valence-electron chi connectivity index (χ4n) is 8.06. The molecule has 2 saturated heterocycles. The molecule has 26 heavy (non-hydrogen) atoms. The minimum atomic E-state index is -0.434. The van der Waals surface area contributed by atoms with E-state index in [0.717, 1.165) is 18.5 Å². The average Bonchev–Trinajstić information content (AvgIpc) is 2.84. The predicted octanol–water partition coefficient (Wildman–Crippen LogP) is 3.33. The summed E-state index contributed by atoms with van der Waals surface area (Å²) in [5.41, 5.74) is 2.34. The molecule has 144 valence electrons. The van der Waals surface area contributed by atoms with Crippen LogP contribution in [0.4, 0.5) is 0 Å². The summed E-state index contributed by atoms with van der Waals surface area (Å²) in [6.45, 7) is 10.6. The zero-order valence-electron chi connectivity index (χ0n) is 17.0. The van der Waals surface area contributed by atoms with Gasteiger partial charge < -0.3 is 10.1 Å². The van der Waals surface area contributed by atoms with Gasteiger partial charge in [0.2, 0.25) is 0 Å². The van der Waals surface area contributed by atoms with Crippen LogP contribution in [0.15, 0.2) is 11.3 Å². The minimum absolute atomic E-state index is 0.0471. The van der Waals surface area contributed by atoms with Gasteiger partial charge in [-0.05, 0) is 83.6 Å². The van der Waals surface area contributed by atoms with Gasteiger partial charge in [-0.25, -0.2) is 4.79 Å². The summed E-state index contributed by atoms with van der Waals surface area (Å²) in [5.74, 6) is 2.33. The van der Waals surface area contributed by atoms with Crippen LogP contribution in [0.25, 0.3) is 0 Å². The highest BCUT2D eigenvalue weighted by molar-refractivity contribution is 5.91. The van der Waals surface area contributed by atoms with Crippen molar-refractivity contribution < 1.29 is 9.53 Å². The lowest BCUT2D eigenvalue weighted by atomic mass is 9.49. The molecule has 4 nitrogen and oxygen atoms in total. The maximum absolute atomic E-state index is 13.4. The van der Waals surface area contributed by atoms with Crippen LogP contribution in [0.1, 0.15) is 59.8 Å². The molecule has 0 unspecified atom stereocenters. The van der Waals surface area contributed by atoms with Crippen molar-refractivity contribution in [3.05, 3.63) is 11.3 Å². The van der Waals surface area contributed by atoms with Crippen molar-refractivity contribution in [3.8, 4) is 0 Å². The van der Waals surface area contributed by atoms with E-state index >= 15 is 0 Å². The topological polar surface area (TPSA) is 41.6 Å². The highest BCUT2D eigenvalue weighted by Gasteiger charge is 2.77. The van der Waals surface area contributed by atoms with Gasteiger partial charge in [0.05, 0.1) is 5.57 Å². The quantitative estimate of drug-likeness (QED) is 0.730. The van der Waals surface area contributed by atoms with Crippen LogP contribution in [0, 0.1) is 29.1 Å². The molecule has 6 atom stereocenters. The highest BCUT2D eigenvalue weighted by atomic mass is 16.6. The Bertz CT molecular complexity index is 693. The van der Waals surface area contributed by atoms with E-state index in [-0.39, 0.29) is 16.9 Å². The van der Waals surface area contributed by atoms with Gasteiger partial charge in [0, 0.05) is 29.7 Å². The van der Waals surface area contributed by atoms with E-state index in [9.17, 15) is 4.79 Å². The van der Waals surface area contributed by atoms with Gasteiger partial charge in [0.25, 0.3) is 0 Å². The molecule has 2 saturated carbocycles. The molecule has 2 heterocycles. The molecule has 2 spiro atoms. The number of nitrogens with zero attached hydrogens (tertiary/aromatic N) is 1. The third kappa shape index (κ3) is 1.82. The number of piperidine rings is 2. The van der Waals surface area contributed by atoms with Crippen molar-refractivity contribution in [2.24, 2.45) is 29.1 Å². The van der Waals surface area contributed by atoms with Crippen molar-refractivity contribution >= 4 is 5.97 Å². The van der Waals surface area contributed by atoms with Crippen molar-refractivity contribution in [2.45, 2.75) is 70.9 Å². The summed E-state index contributed by atoms with van der Waals surface area (Å²) in [6, 6.07) is 0. The van der Waals surface area contributed by atoms with Crippen molar-refractivity contribution in [1.29, 1.82) is 0 Å². The van der Waals surface area contributed by atoms with E-state index in [1.54, 1.807) is 0 Å². The Morgan fingerprint density at radius 2 is 2.08 bits per heavy atom. The zero-order valence-corrected chi connectivity index (χ0v) is 17.0. The highest BCUT2D eigenvalue weighted by Crippen LogP contribution is 2.75. The number of ether oxygens (including phenoxy) is 1. The molecule has 0 aromatic heterocycles. The van der Waals surface area contributed by atoms with Crippen molar-refractivity contribution in [3.63, 3.8) is 0 Å².